The van der Waals surface area contributed by atoms with Crippen LogP contribution in [0, 0.1) is 12.8 Å². The first-order chi connectivity index (χ1) is 17.9. The summed E-state index contributed by atoms with van der Waals surface area (Å²) >= 11 is 5.93. The van der Waals surface area contributed by atoms with E-state index >= 15 is 0 Å². The molecule has 3 atom stereocenters. The van der Waals surface area contributed by atoms with E-state index in [-0.39, 0.29) is 16.7 Å². The summed E-state index contributed by atoms with van der Waals surface area (Å²) in [6, 6.07) is 22.8. The molecule has 6 rings (SSSR count). The molecule has 1 saturated heterocycles. The minimum Gasteiger partial charge on any atom is -0.489 e. The van der Waals surface area contributed by atoms with Crippen LogP contribution in [0.5, 0.6) is 5.75 Å². The standard InChI is InChI=1S/C28H21BrN2O4S2/c1-15-6-5-7-16(12-15)14-35-20-11-10-17(29)13-19(20)21-22-24(36-25-23(21)37-28(34)30-25)27(33)31(26(22)32)18-8-3-2-4-9-18/h2-13,21-22,24H,14H2,1H3,(H,30,34)/t21-,22?,24?/m1/s1. The summed E-state index contributed by atoms with van der Waals surface area (Å²) < 4.78 is 7.13. The molecule has 1 fully saturated rings. The molecule has 3 heterocycles. The number of carbonyl (C=O) groups is 2. The molecular formula is C28H21BrN2O4S2. The minimum absolute atomic E-state index is 0.209. The van der Waals surface area contributed by atoms with Crippen molar-refractivity contribution < 1.29 is 14.3 Å². The number of fused-ring (bicyclic) bond motifs is 2. The highest BCUT2D eigenvalue weighted by atomic mass is 79.9. The third kappa shape index (κ3) is 4.35. The van der Waals surface area contributed by atoms with E-state index in [9.17, 15) is 14.4 Å². The van der Waals surface area contributed by atoms with Crippen molar-refractivity contribution in [3.63, 3.8) is 0 Å². The number of amides is 2. The Morgan fingerprint density at radius 3 is 2.57 bits per heavy atom. The predicted octanol–water partition coefficient (Wildman–Crippen LogP) is 5.88. The molecule has 2 aliphatic heterocycles. The summed E-state index contributed by atoms with van der Waals surface area (Å²) in [4.78, 5) is 44.7. The van der Waals surface area contributed by atoms with Gasteiger partial charge in [-0.25, -0.2) is 4.90 Å². The Bertz CT molecular complexity index is 1580. The molecule has 0 radical (unpaired) electrons. The molecule has 2 unspecified atom stereocenters. The van der Waals surface area contributed by atoms with Crippen molar-refractivity contribution in [2.24, 2.45) is 5.92 Å². The molecule has 2 aliphatic rings. The number of nitrogens with one attached hydrogen (secondary N) is 1. The molecule has 0 aliphatic carbocycles. The Morgan fingerprint density at radius 1 is 0.973 bits per heavy atom. The third-order valence-electron chi connectivity index (χ3n) is 6.62. The van der Waals surface area contributed by atoms with Crippen LogP contribution in [0.2, 0.25) is 0 Å². The van der Waals surface area contributed by atoms with E-state index in [2.05, 4.69) is 27.0 Å². The topological polar surface area (TPSA) is 79.5 Å². The van der Waals surface area contributed by atoms with Gasteiger partial charge in [0.2, 0.25) is 11.8 Å². The summed E-state index contributed by atoms with van der Waals surface area (Å²) in [6.07, 6.45) is 0. The molecule has 0 saturated carbocycles. The second kappa shape index (κ2) is 9.63. The zero-order valence-electron chi connectivity index (χ0n) is 19.6. The van der Waals surface area contributed by atoms with E-state index < -0.39 is 17.1 Å². The van der Waals surface area contributed by atoms with Gasteiger partial charge in [0.05, 0.1) is 16.6 Å². The number of ether oxygens (including phenoxy) is 1. The Morgan fingerprint density at radius 2 is 1.78 bits per heavy atom. The fourth-order valence-electron chi connectivity index (χ4n) is 5.04. The van der Waals surface area contributed by atoms with E-state index in [0.29, 0.717) is 23.1 Å². The van der Waals surface area contributed by atoms with Gasteiger partial charge in [0.1, 0.15) is 17.6 Å². The molecule has 6 nitrogen and oxygen atoms in total. The van der Waals surface area contributed by atoms with Crippen molar-refractivity contribution in [1.82, 2.24) is 4.98 Å². The second-order valence-corrected chi connectivity index (χ2v) is 12.1. The number of rotatable bonds is 5. The Balaban J connectivity index is 1.45. The number of para-hydroxylation sites is 1. The lowest BCUT2D eigenvalue weighted by Gasteiger charge is -2.31. The molecule has 0 spiro atoms. The summed E-state index contributed by atoms with van der Waals surface area (Å²) in [5.74, 6) is -1.11. The van der Waals surface area contributed by atoms with E-state index in [4.69, 9.17) is 4.74 Å². The normalized spacial score (nSPS) is 20.6. The van der Waals surface area contributed by atoms with E-state index in [1.807, 2.05) is 61.5 Å². The van der Waals surface area contributed by atoms with Crippen LogP contribution < -0.4 is 14.5 Å². The number of aryl methyl sites for hydroxylation is 1. The van der Waals surface area contributed by atoms with Crippen molar-refractivity contribution >= 4 is 56.5 Å². The van der Waals surface area contributed by atoms with Crippen LogP contribution in [0.25, 0.3) is 0 Å². The quantitative estimate of drug-likeness (QED) is 0.293. The number of thiazole rings is 1. The number of halogens is 1. The molecule has 1 N–H and O–H groups in total. The van der Waals surface area contributed by atoms with Gasteiger partial charge >= 0.3 is 4.87 Å². The number of thioether (sulfide) groups is 1. The van der Waals surface area contributed by atoms with E-state index in [1.165, 1.54) is 16.7 Å². The zero-order valence-corrected chi connectivity index (χ0v) is 22.9. The molecule has 4 aromatic rings. The maximum Gasteiger partial charge on any atom is 0.305 e. The zero-order chi connectivity index (χ0) is 25.7. The van der Waals surface area contributed by atoms with Gasteiger partial charge in [0.25, 0.3) is 0 Å². The molecule has 2 amide bonds. The van der Waals surface area contributed by atoms with Crippen LogP contribution in [0.15, 0.2) is 87.1 Å². The smallest absolute Gasteiger partial charge is 0.305 e. The van der Waals surface area contributed by atoms with Gasteiger partial charge in [-0.1, -0.05) is 87.1 Å². The van der Waals surface area contributed by atoms with Gasteiger partial charge in [-0.3, -0.25) is 14.4 Å². The predicted molar refractivity (Wildman–Crippen MR) is 149 cm³/mol. The monoisotopic (exact) mass is 592 g/mol. The number of aromatic nitrogens is 1. The fourth-order valence-corrected chi connectivity index (χ4v) is 7.93. The van der Waals surface area contributed by atoms with Gasteiger partial charge in [-0.2, -0.15) is 0 Å². The number of benzene rings is 3. The van der Waals surface area contributed by atoms with Crippen molar-refractivity contribution in [3.05, 3.63) is 109 Å². The van der Waals surface area contributed by atoms with Crippen LogP contribution in [0.3, 0.4) is 0 Å². The summed E-state index contributed by atoms with van der Waals surface area (Å²) in [7, 11) is 0. The average Bonchev–Trinajstić information content (AvgIpc) is 3.38. The summed E-state index contributed by atoms with van der Waals surface area (Å²) in [6.45, 7) is 2.38. The van der Waals surface area contributed by atoms with Crippen LogP contribution in [0.1, 0.15) is 27.5 Å². The maximum absolute atomic E-state index is 13.9. The molecule has 1 aromatic heterocycles. The molecule has 0 bridgehead atoms. The number of anilines is 1. The average molecular weight is 594 g/mol. The van der Waals surface area contributed by atoms with Gasteiger partial charge in [0.15, 0.2) is 0 Å². The first-order valence-electron chi connectivity index (χ1n) is 11.7. The number of nitrogens with zero attached hydrogens (tertiary/aromatic N) is 1. The van der Waals surface area contributed by atoms with E-state index in [1.54, 1.807) is 12.1 Å². The molecule has 9 heteroatoms. The Hall–Kier alpha value is -3.14. The van der Waals surface area contributed by atoms with Crippen LogP contribution in [-0.4, -0.2) is 22.0 Å². The highest BCUT2D eigenvalue weighted by molar-refractivity contribution is 9.10. The Kier molecular flexibility index (Phi) is 6.30. The number of imide groups is 1. The maximum atomic E-state index is 13.9. The summed E-state index contributed by atoms with van der Waals surface area (Å²) in [5.41, 5.74) is 3.49. The number of hydrogen-bond acceptors (Lipinski definition) is 6. The fraction of sp³-hybridized carbons (Fsp3) is 0.179. The van der Waals surface area contributed by atoms with E-state index in [0.717, 1.165) is 37.4 Å². The van der Waals surface area contributed by atoms with Crippen LogP contribution >= 0.6 is 39.0 Å². The SMILES string of the molecule is Cc1cccc(COc2ccc(Br)cc2[C@H]2c3sc(=O)[nH]c3SC3C(=O)N(c4ccccc4)C(=O)C32)c1. The number of H-pyrrole nitrogens is 1. The molecule has 186 valence electrons. The van der Waals surface area contributed by atoms with Crippen molar-refractivity contribution in [2.75, 3.05) is 4.90 Å². The van der Waals surface area contributed by atoms with Crippen LogP contribution in [-0.2, 0) is 16.2 Å². The van der Waals surface area contributed by atoms with Crippen molar-refractivity contribution in [2.45, 2.75) is 29.7 Å². The molecule has 37 heavy (non-hydrogen) atoms. The third-order valence-corrected chi connectivity index (χ3v) is 9.52. The number of hydrogen-bond donors (Lipinski definition) is 1. The van der Waals surface area contributed by atoms with Crippen molar-refractivity contribution in [1.29, 1.82) is 0 Å². The van der Waals surface area contributed by atoms with Gasteiger partial charge in [0, 0.05) is 20.8 Å². The lowest BCUT2D eigenvalue weighted by molar-refractivity contribution is -0.122. The van der Waals surface area contributed by atoms with Gasteiger partial charge in [-0.05, 0) is 42.8 Å². The largest absolute Gasteiger partial charge is 0.489 e. The first-order valence-corrected chi connectivity index (χ1v) is 14.2. The van der Waals surface area contributed by atoms with Crippen molar-refractivity contribution in [3.8, 4) is 5.75 Å². The van der Waals surface area contributed by atoms with Gasteiger partial charge in [-0.15, -0.1) is 0 Å². The second-order valence-electron chi connectivity index (χ2n) is 9.06. The highest BCUT2D eigenvalue weighted by Gasteiger charge is 2.56. The minimum atomic E-state index is -0.674. The lowest BCUT2D eigenvalue weighted by atomic mass is 9.82. The number of aromatic amines is 1. The summed E-state index contributed by atoms with van der Waals surface area (Å²) in [5, 5.41) is -0.0130. The lowest BCUT2D eigenvalue weighted by Crippen LogP contribution is -2.32. The molecule has 3 aromatic carbocycles. The number of carbonyl (C=O) groups excluding carboxylic acids is 2. The molecular weight excluding hydrogens is 572 g/mol. The highest BCUT2D eigenvalue weighted by Crippen LogP contribution is 2.54. The Labute approximate surface area is 229 Å². The first kappa shape index (κ1) is 24.2. The van der Waals surface area contributed by atoms with Crippen LogP contribution in [0.4, 0.5) is 5.69 Å². The van der Waals surface area contributed by atoms with Gasteiger partial charge < -0.3 is 9.72 Å².